The molecule has 0 saturated heterocycles. The molecule has 0 bridgehead atoms. The summed E-state index contributed by atoms with van der Waals surface area (Å²) in [5.74, 6) is -0.210. The van der Waals surface area contributed by atoms with Crippen LogP contribution in [0.4, 0.5) is 4.39 Å². The number of benzene rings is 3. The van der Waals surface area contributed by atoms with E-state index in [1.165, 1.54) is 6.07 Å². The van der Waals surface area contributed by atoms with Gasteiger partial charge < -0.3 is 5.11 Å². The lowest BCUT2D eigenvalue weighted by molar-refractivity contribution is 0.124. The van der Waals surface area contributed by atoms with E-state index in [1.54, 1.807) is 12.1 Å². The van der Waals surface area contributed by atoms with Crippen LogP contribution in [0.2, 0.25) is 0 Å². The number of nitrogens with zero attached hydrogens (tertiary/aromatic N) is 1. The highest BCUT2D eigenvalue weighted by molar-refractivity contribution is 5.64. The minimum Gasteiger partial charge on any atom is -0.387 e. The third-order valence-electron chi connectivity index (χ3n) is 4.26. The van der Waals surface area contributed by atoms with Crippen molar-refractivity contribution in [3.8, 4) is 11.1 Å². The monoisotopic (exact) mass is 335 g/mol. The highest BCUT2D eigenvalue weighted by Gasteiger charge is 2.11. The third kappa shape index (κ3) is 4.53. The van der Waals surface area contributed by atoms with Crippen LogP contribution >= 0.6 is 0 Å². The first-order chi connectivity index (χ1) is 12.1. The second-order valence-electron chi connectivity index (χ2n) is 6.30. The van der Waals surface area contributed by atoms with Crippen molar-refractivity contribution in [2.75, 3.05) is 13.6 Å². The van der Waals surface area contributed by atoms with Crippen LogP contribution in [0.1, 0.15) is 17.2 Å². The van der Waals surface area contributed by atoms with E-state index in [1.807, 2.05) is 67.7 Å². The Morgan fingerprint density at radius 2 is 1.52 bits per heavy atom. The molecular formula is C22H22FNO. The molecule has 1 N–H and O–H groups in total. The molecule has 1 unspecified atom stereocenters. The Bertz CT molecular complexity index is 802. The molecule has 0 spiro atoms. The summed E-state index contributed by atoms with van der Waals surface area (Å²) >= 11 is 0. The molecule has 0 saturated carbocycles. The minimum absolute atomic E-state index is 0.210. The maximum Gasteiger partial charge on any atom is 0.131 e. The summed E-state index contributed by atoms with van der Waals surface area (Å²) in [5, 5.41) is 10.3. The van der Waals surface area contributed by atoms with Crippen molar-refractivity contribution < 1.29 is 9.50 Å². The lowest BCUT2D eigenvalue weighted by Gasteiger charge is -2.21. The van der Waals surface area contributed by atoms with Crippen molar-refractivity contribution in [2.45, 2.75) is 12.6 Å². The van der Waals surface area contributed by atoms with Gasteiger partial charge in [0.15, 0.2) is 0 Å². The largest absolute Gasteiger partial charge is 0.387 e. The molecule has 2 nitrogen and oxygen atoms in total. The number of likely N-dealkylation sites (N-methyl/N-ethyl adjacent to an activating group) is 1. The van der Waals surface area contributed by atoms with E-state index in [0.717, 1.165) is 23.2 Å². The standard InChI is InChI=1S/C22H22FNO/c1-24(16-22(25)19-7-3-2-4-8-19)15-17-11-13-18(14-12-17)20-9-5-6-10-21(20)23/h2-14,22,25H,15-16H2,1H3. The number of aliphatic hydroxyl groups is 1. The van der Waals surface area contributed by atoms with Crippen LogP contribution in [0, 0.1) is 5.82 Å². The van der Waals surface area contributed by atoms with Gasteiger partial charge in [0.1, 0.15) is 5.82 Å². The summed E-state index contributed by atoms with van der Waals surface area (Å²) < 4.78 is 13.9. The Balaban J connectivity index is 1.62. The highest BCUT2D eigenvalue weighted by atomic mass is 19.1. The van der Waals surface area contributed by atoms with Crippen molar-refractivity contribution in [2.24, 2.45) is 0 Å². The topological polar surface area (TPSA) is 23.5 Å². The SMILES string of the molecule is CN(Cc1ccc(-c2ccccc2F)cc1)CC(O)c1ccccc1. The lowest BCUT2D eigenvalue weighted by Crippen LogP contribution is -2.24. The molecule has 0 aromatic heterocycles. The fourth-order valence-corrected chi connectivity index (χ4v) is 2.94. The molecule has 0 aliphatic carbocycles. The van der Waals surface area contributed by atoms with Crippen LogP contribution in [0.25, 0.3) is 11.1 Å². The summed E-state index contributed by atoms with van der Waals surface area (Å²) in [6.07, 6.45) is -0.510. The molecule has 3 aromatic rings. The van der Waals surface area contributed by atoms with Gasteiger partial charge >= 0.3 is 0 Å². The van der Waals surface area contributed by atoms with E-state index < -0.39 is 6.10 Å². The van der Waals surface area contributed by atoms with Crippen LogP contribution < -0.4 is 0 Å². The summed E-state index contributed by atoms with van der Waals surface area (Å²) in [6.45, 7) is 1.28. The van der Waals surface area contributed by atoms with Crippen molar-refractivity contribution in [3.05, 3.63) is 95.8 Å². The van der Waals surface area contributed by atoms with E-state index in [9.17, 15) is 9.50 Å². The summed E-state index contributed by atoms with van der Waals surface area (Å²) in [5.41, 5.74) is 3.53. The van der Waals surface area contributed by atoms with E-state index in [0.29, 0.717) is 12.1 Å². The first-order valence-corrected chi connectivity index (χ1v) is 8.39. The van der Waals surface area contributed by atoms with E-state index in [-0.39, 0.29) is 5.82 Å². The molecular weight excluding hydrogens is 313 g/mol. The van der Waals surface area contributed by atoms with Crippen molar-refractivity contribution in [1.29, 1.82) is 0 Å². The Morgan fingerprint density at radius 1 is 0.880 bits per heavy atom. The zero-order valence-electron chi connectivity index (χ0n) is 14.3. The second-order valence-corrected chi connectivity index (χ2v) is 6.30. The molecule has 0 aliphatic rings. The zero-order valence-corrected chi connectivity index (χ0v) is 14.3. The molecule has 25 heavy (non-hydrogen) atoms. The summed E-state index contributed by atoms with van der Waals surface area (Å²) in [6, 6.07) is 24.4. The van der Waals surface area contributed by atoms with Crippen LogP contribution in [0.3, 0.4) is 0 Å². The van der Waals surface area contributed by atoms with Gasteiger partial charge in [-0.05, 0) is 29.8 Å². The lowest BCUT2D eigenvalue weighted by atomic mass is 10.0. The quantitative estimate of drug-likeness (QED) is 0.708. The first kappa shape index (κ1) is 17.3. The molecule has 3 rings (SSSR count). The van der Waals surface area contributed by atoms with Crippen LogP contribution in [-0.4, -0.2) is 23.6 Å². The molecule has 3 heteroatoms. The normalized spacial score (nSPS) is 12.3. The van der Waals surface area contributed by atoms with Gasteiger partial charge in [-0.3, -0.25) is 4.90 Å². The smallest absolute Gasteiger partial charge is 0.131 e. The predicted octanol–water partition coefficient (Wildman–Crippen LogP) is 4.66. The van der Waals surface area contributed by atoms with Crippen molar-refractivity contribution in [3.63, 3.8) is 0 Å². The zero-order chi connectivity index (χ0) is 17.6. The van der Waals surface area contributed by atoms with Crippen LogP contribution in [-0.2, 0) is 6.54 Å². The maximum absolute atomic E-state index is 13.9. The molecule has 0 heterocycles. The van der Waals surface area contributed by atoms with Gasteiger partial charge in [-0.2, -0.15) is 0 Å². The predicted molar refractivity (Wildman–Crippen MR) is 99.6 cm³/mol. The molecule has 0 amide bonds. The Morgan fingerprint density at radius 3 is 2.20 bits per heavy atom. The molecule has 0 aliphatic heterocycles. The third-order valence-corrected chi connectivity index (χ3v) is 4.26. The van der Waals surface area contributed by atoms with Crippen LogP contribution in [0.5, 0.6) is 0 Å². The average Bonchev–Trinajstić information content (AvgIpc) is 2.63. The van der Waals surface area contributed by atoms with Gasteiger partial charge in [0.25, 0.3) is 0 Å². The summed E-state index contributed by atoms with van der Waals surface area (Å²) in [4.78, 5) is 2.08. The van der Waals surface area contributed by atoms with Crippen molar-refractivity contribution >= 4 is 0 Å². The highest BCUT2D eigenvalue weighted by Crippen LogP contribution is 2.23. The van der Waals surface area contributed by atoms with Gasteiger partial charge in [-0.1, -0.05) is 72.8 Å². The van der Waals surface area contributed by atoms with Gasteiger partial charge in [0, 0.05) is 18.7 Å². The summed E-state index contributed by atoms with van der Waals surface area (Å²) in [7, 11) is 1.98. The molecule has 0 fully saturated rings. The molecule has 1 atom stereocenters. The Hall–Kier alpha value is -2.49. The van der Waals surface area contributed by atoms with Gasteiger partial charge in [-0.25, -0.2) is 4.39 Å². The minimum atomic E-state index is -0.510. The number of aliphatic hydroxyl groups excluding tert-OH is 1. The molecule has 128 valence electrons. The Kier molecular flexibility index (Phi) is 5.59. The number of hydrogen-bond donors (Lipinski definition) is 1. The fraction of sp³-hybridized carbons (Fsp3) is 0.182. The fourth-order valence-electron chi connectivity index (χ4n) is 2.94. The first-order valence-electron chi connectivity index (χ1n) is 8.39. The van der Waals surface area contributed by atoms with E-state index >= 15 is 0 Å². The second kappa shape index (κ2) is 8.06. The van der Waals surface area contributed by atoms with Gasteiger partial charge in [-0.15, -0.1) is 0 Å². The van der Waals surface area contributed by atoms with E-state index in [4.69, 9.17) is 0 Å². The van der Waals surface area contributed by atoms with E-state index in [2.05, 4.69) is 4.90 Å². The number of hydrogen-bond acceptors (Lipinski definition) is 2. The Labute approximate surface area is 148 Å². The van der Waals surface area contributed by atoms with Gasteiger partial charge in [0.2, 0.25) is 0 Å². The maximum atomic E-state index is 13.9. The number of halogens is 1. The molecule has 0 radical (unpaired) electrons. The van der Waals surface area contributed by atoms with Gasteiger partial charge in [0.05, 0.1) is 6.10 Å². The molecule has 3 aromatic carbocycles. The van der Waals surface area contributed by atoms with Crippen LogP contribution in [0.15, 0.2) is 78.9 Å². The number of rotatable bonds is 6. The van der Waals surface area contributed by atoms with Crippen molar-refractivity contribution in [1.82, 2.24) is 4.90 Å². The average molecular weight is 335 g/mol.